The number of nitrogens with zero attached hydrogens (tertiary/aromatic N) is 2. The van der Waals surface area contributed by atoms with Crippen molar-refractivity contribution in [1.82, 2.24) is 4.90 Å². The third kappa shape index (κ3) is 6.67. The van der Waals surface area contributed by atoms with Crippen LogP contribution in [0.25, 0.3) is 6.08 Å². The molecule has 1 N–H and O–H groups in total. The molecule has 0 aromatic heterocycles. The van der Waals surface area contributed by atoms with Gasteiger partial charge in [-0.1, -0.05) is 18.2 Å². The van der Waals surface area contributed by atoms with Crippen molar-refractivity contribution in [1.29, 1.82) is 5.26 Å². The summed E-state index contributed by atoms with van der Waals surface area (Å²) in [7, 11) is 1.51. The summed E-state index contributed by atoms with van der Waals surface area (Å²) in [6.07, 6.45) is 3.08. The number of hydrogen-bond donors (Lipinski definition) is 1. The Bertz CT molecular complexity index is 963. The molecule has 7 nitrogen and oxygen atoms in total. The summed E-state index contributed by atoms with van der Waals surface area (Å²) in [5, 5.41) is 11.4. The number of nitrogens with one attached hydrogen (secondary N) is 1. The number of carbonyl (C=O) groups is 2. The zero-order valence-electron chi connectivity index (χ0n) is 17.3. The van der Waals surface area contributed by atoms with E-state index in [-0.39, 0.29) is 18.4 Å². The number of carbonyl (C=O) groups excluding carboxylic acids is 2. The second-order valence-corrected chi connectivity index (χ2v) is 6.41. The van der Waals surface area contributed by atoms with Gasteiger partial charge < -0.3 is 19.7 Å². The second kappa shape index (κ2) is 11.3. The Labute approximate surface area is 176 Å². The molecule has 2 amide bonds. The van der Waals surface area contributed by atoms with Gasteiger partial charge in [0.2, 0.25) is 11.8 Å². The molecule has 0 bridgehead atoms. The number of nitriles is 1. The van der Waals surface area contributed by atoms with E-state index in [2.05, 4.69) is 5.32 Å². The quantitative estimate of drug-likeness (QED) is 0.641. The van der Waals surface area contributed by atoms with Crippen LogP contribution >= 0.6 is 0 Å². The third-order valence-electron chi connectivity index (χ3n) is 4.30. The van der Waals surface area contributed by atoms with Gasteiger partial charge in [0.25, 0.3) is 0 Å². The third-order valence-corrected chi connectivity index (χ3v) is 4.30. The Hall–Kier alpha value is -3.79. The monoisotopic (exact) mass is 407 g/mol. The molecule has 30 heavy (non-hydrogen) atoms. The first-order valence-electron chi connectivity index (χ1n) is 9.48. The summed E-state index contributed by atoms with van der Waals surface area (Å²) >= 11 is 0. The molecule has 0 saturated heterocycles. The number of amides is 2. The fraction of sp³-hybridized carbons (Fsp3) is 0.261. The van der Waals surface area contributed by atoms with Gasteiger partial charge in [0.15, 0.2) is 18.1 Å². The average molecular weight is 407 g/mol. The number of benzene rings is 2. The molecule has 0 fully saturated rings. The topological polar surface area (TPSA) is 91.7 Å². The summed E-state index contributed by atoms with van der Waals surface area (Å²) in [6, 6.07) is 14.5. The Balaban J connectivity index is 2.03. The van der Waals surface area contributed by atoms with Crippen molar-refractivity contribution in [3.63, 3.8) is 0 Å². The van der Waals surface area contributed by atoms with E-state index < -0.39 is 0 Å². The highest BCUT2D eigenvalue weighted by molar-refractivity contribution is 6.02. The van der Waals surface area contributed by atoms with E-state index in [0.717, 1.165) is 11.1 Å². The van der Waals surface area contributed by atoms with Crippen LogP contribution in [0.4, 0.5) is 5.69 Å². The molecule has 0 saturated carbocycles. The summed E-state index contributed by atoms with van der Waals surface area (Å²) in [6.45, 7) is 4.51. The molecule has 0 spiro atoms. The lowest BCUT2D eigenvalue weighted by Gasteiger charge is -2.19. The zero-order chi connectivity index (χ0) is 21.9. The molecule has 2 aromatic carbocycles. The highest BCUT2D eigenvalue weighted by Crippen LogP contribution is 2.28. The van der Waals surface area contributed by atoms with Gasteiger partial charge in [-0.2, -0.15) is 5.26 Å². The molecule has 0 radical (unpaired) electrons. The van der Waals surface area contributed by atoms with E-state index in [4.69, 9.17) is 14.7 Å². The fourth-order valence-electron chi connectivity index (χ4n) is 2.79. The smallest absolute Gasteiger partial charge is 0.248 e. The van der Waals surface area contributed by atoms with E-state index in [9.17, 15) is 9.59 Å². The zero-order valence-corrected chi connectivity index (χ0v) is 17.3. The summed E-state index contributed by atoms with van der Waals surface area (Å²) in [5.74, 6) is 0.666. The van der Waals surface area contributed by atoms with Crippen LogP contribution in [0.1, 0.15) is 25.0 Å². The molecule has 156 valence electrons. The van der Waals surface area contributed by atoms with Crippen molar-refractivity contribution in [3.8, 4) is 17.6 Å². The van der Waals surface area contributed by atoms with Gasteiger partial charge >= 0.3 is 0 Å². The molecule has 0 aliphatic heterocycles. The lowest BCUT2D eigenvalue weighted by Crippen LogP contribution is -2.27. The molecule has 7 heteroatoms. The van der Waals surface area contributed by atoms with Crippen LogP contribution in [0.5, 0.6) is 11.5 Å². The number of anilines is 1. The van der Waals surface area contributed by atoms with Gasteiger partial charge in [-0.05, 0) is 48.4 Å². The minimum Gasteiger partial charge on any atom is -0.493 e. The van der Waals surface area contributed by atoms with Crippen LogP contribution < -0.4 is 14.8 Å². The fourth-order valence-corrected chi connectivity index (χ4v) is 2.79. The Kier molecular flexibility index (Phi) is 8.45. The Morgan fingerprint density at radius 2 is 2.00 bits per heavy atom. The molecular formula is C23H25N3O4. The first-order valence-corrected chi connectivity index (χ1v) is 9.48. The standard InChI is InChI=1S/C23H25N3O4/c1-4-26(17(2)27)16-19-6-5-7-20(14-19)25-23(28)11-9-18-8-10-21(30-13-12-24)22(15-18)29-3/h5-11,14-15H,4,13,16H2,1-3H3,(H,25,28)/b11-9+. The maximum Gasteiger partial charge on any atom is 0.248 e. The molecule has 0 aliphatic carbocycles. The van der Waals surface area contributed by atoms with E-state index in [1.807, 2.05) is 31.2 Å². The molecule has 0 aliphatic rings. The van der Waals surface area contributed by atoms with Crippen LogP contribution in [-0.2, 0) is 16.1 Å². The highest BCUT2D eigenvalue weighted by atomic mass is 16.5. The Morgan fingerprint density at radius 1 is 1.20 bits per heavy atom. The van der Waals surface area contributed by atoms with Crippen molar-refractivity contribution >= 4 is 23.6 Å². The van der Waals surface area contributed by atoms with E-state index >= 15 is 0 Å². The lowest BCUT2D eigenvalue weighted by atomic mass is 10.1. The van der Waals surface area contributed by atoms with Gasteiger partial charge in [-0.25, -0.2) is 0 Å². The first-order chi connectivity index (χ1) is 14.5. The van der Waals surface area contributed by atoms with Crippen LogP contribution in [0.15, 0.2) is 48.5 Å². The lowest BCUT2D eigenvalue weighted by molar-refractivity contribution is -0.129. The normalized spacial score (nSPS) is 10.3. The van der Waals surface area contributed by atoms with Crippen LogP contribution in [0.3, 0.4) is 0 Å². The number of rotatable bonds is 9. The predicted octanol–water partition coefficient (Wildman–Crippen LogP) is 3.62. The maximum atomic E-state index is 12.3. The summed E-state index contributed by atoms with van der Waals surface area (Å²) < 4.78 is 10.5. The SMILES string of the molecule is CCN(Cc1cccc(NC(=O)/C=C/c2ccc(OCC#N)c(OC)c2)c1)C(C)=O. The highest BCUT2D eigenvalue weighted by Gasteiger charge is 2.08. The molecule has 0 unspecified atom stereocenters. The molecule has 0 heterocycles. The number of ether oxygens (including phenoxy) is 2. The van der Waals surface area contributed by atoms with Crippen LogP contribution in [0, 0.1) is 11.3 Å². The van der Waals surface area contributed by atoms with Crippen LogP contribution in [0.2, 0.25) is 0 Å². The molecule has 2 aromatic rings. The average Bonchev–Trinajstić information content (AvgIpc) is 2.74. The predicted molar refractivity (Wildman–Crippen MR) is 115 cm³/mol. The van der Waals surface area contributed by atoms with E-state index in [1.165, 1.54) is 20.1 Å². The summed E-state index contributed by atoms with van der Waals surface area (Å²) in [4.78, 5) is 25.6. The van der Waals surface area contributed by atoms with Crippen molar-refractivity contribution in [2.24, 2.45) is 0 Å². The second-order valence-electron chi connectivity index (χ2n) is 6.41. The van der Waals surface area contributed by atoms with Crippen molar-refractivity contribution in [2.45, 2.75) is 20.4 Å². The maximum absolute atomic E-state index is 12.3. The number of hydrogen-bond acceptors (Lipinski definition) is 5. The van der Waals surface area contributed by atoms with Gasteiger partial charge in [0.05, 0.1) is 7.11 Å². The van der Waals surface area contributed by atoms with Crippen molar-refractivity contribution < 1.29 is 19.1 Å². The van der Waals surface area contributed by atoms with Gasteiger partial charge in [0.1, 0.15) is 6.07 Å². The van der Waals surface area contributed by atoms with Crippen molar-refractivity contribution in [2.75, 3.05) is 25.6 Å². The van der Waals surface area contributed by atoms with E-state index in [0.29, 0.717) is 30.3 Å². The number of methoxy groups -OCH3 is 1. The first kappa shape index (κ1) is 22.5. The van der Waals surface area contributed by atoms with Gasteiger partial charge in [-0.3, -0.25) is 9.59 Å². The summed E-state index contributed by atoms with van der Waals surface area (Å²) in [5.41, 5.74) is 2.34. The molecule has 0 atom stereocenters. The van der Waals surface area contributed by atoms with Gasteiger partial charge in [0, 0.05) is 31.8 Å². The largest absolute Gasteiger partial charge is 0.493 e. The van der Waals surface area contributed by atoms with Gasteiger partial charge in [-0.15, -0.1) is 0 Å². The minimum atomic E-state index is -0.283. The van der Waals surface area contributed by atoms with Crippen molar-refractivity contribution in [3.05, 3.63) is 59.7 Å². The molecular weight excluding hydrogens is 382 g/mol. The molecule has 2 rings (SSSR count). The Morgan fingerprint density at radius 3 is 2.67 bits per heavy atom. The van der Waals surface area contributed by atoms with E-state index in [1.54, 1.807) is 35.2 Å². The minimum absolute atomic E-state index is 0.00865. The van der Waals surface area contributed by atoms with Crippen LogP contribution in [-0.4, -0.2) is 37.0 Å².